The van der Waals surface area contributed by atoms with Crippen LogP contribution in [-0.4, -0.2) is 41.7 Å². The molecule has 0 fully saturated rings. The van der Waals surface area contributed by atoms with Crippen LogP contribution in [0.5, 0.6) is 5.75 Å². The number of nitrogens with zero attached hydrogens (tertiary/aromatic N) is 2. The Kier molecular flexibility index (Phi) is 9.14. The number of carbonyl (C=O) groups excluding carboxylic acids is 1. The highest BCUT2D eigenvalue weighted by Gasteiger charge is 2.20. The van der Waals surface area contributed by atoms with E-state index in [1.165, 1.54) is 13.0 Å². The first-order valence-corrected chi connectivity index (χ1v) is 9.90. The van der Waals surface area contributed by atoms with E-state index >= 15 is 0 Å². The molecule has 30 heavy (non-hydrogen) atoms. The third kappa shape index (κ3) is 7.03. The molecule has 0 saturated heterocycles. The topological polar surface area (TPSA) is 74.7 Å². The first kappa shape index (κ1) is 23.7. The predicted octanol–water partition coefficient (Wildman–Crippen LogP) is 3.64. The van der Waals surface area contributed by atoms with Crippen LogP contribution in [0.15, 0.2) is 30.5 Å². The maximum absolute atomic E-state index is 13.6. The maximum atomic E-state index is 13.6. The molecule has 2 aromatic rings. The van der Waals surface area contributed by atoms with Crippen molar-refractivity contribution in [3.05, 3.63) is 58.9 Å². The highest BCUT2D eigenvalue weighted by molar-refractivity contribution is 5.77. The molecule has 2 N–H and O–H groups in total. The van der Waals surface area contributed by atoms with E-state index in [9.17, 15) is 13.6 Å². The Hall–Kier alpha value is -2.58. The summed E-state index contributed by atoms with van der Waals surface area (Å²) in [7, 11) is 3.59. The van der Waals surface area contributed by atoms with Crippen molar-refractivity contribution in [1.29, 1.82) is 0 Å². The van der Waals surface area contributed by atoms with E-state index in [0.717, 1.165) is 31.1 Å². The molecule has 1 aromatic heterocycles. The quantitative estimate of drug-likeness (QED) is 0.329. The summed E-state index contributed by atoms with van der Waals surface area (Å²) in [5.41, 5.74) is 3.34. The fourth-order valence-corrected chi connectivity index (χ4v) is 3.37. The number of hydrogen-bond acceptors (Lipinski definition) is 5. The second-order valence-corrected chi connectivity index (χ2v) is 7.51. The minimum atomic E-state index is -0.929. The standard InChI is InChI=1S/C22H29F2N3O3/c1-15-10-16(12-20(23)21(15)24)11-17(22(28)26-29)6-4-5-9-27(2)14-18-7-8-19(30-3)13-25-18/h7-8,10,12-13,17,29H,4-6,9,11,14H2,1-3H3,(H,26,28)/t17-/m0/s1. The fourth-order valence-electron chi connectivity index (χ4n) is 3.37. The smallest absolute Gasteiger partial charge is 0.246 e. The minimum absolute atomic E-state index is 0.196. The number of amides is 1. The van der Waals surface area contributed by atoms with Crippen LogP contribution in [0.1, 0.15) is 36.1 Å². The van der Waals surface area contributed by atoms with Gasteiger partial charge in [-0.25, -0.2) is 14.3 Å². The van der Waals surface area contributed by atoms with Gasteiger partial charge in [-0.05, 0) is 69.1 Å². The molecule has 8 heteroatoms. The Morgan fingerprint density at radius 2 is 2.07 bits per heavy atom. The van der Waals surface area contributed by atoms with E-state index in [1.807, 2.05) is 19.2 Å². The lowest BCUT2D eigenvalue weighted by atomic mass is 9.92. The van der Waals surface area contributed by atoms with Gasteiger partial charge in [0.25, 0.3) is 0 Å². The summed E-state index contributed by atoms with van der Waals surface area (Å²) < 4.78 is 32.2. The zero-order valence-corrected chi connectivity index (χ0v) is 17.6. The van der Waals surface area contributed by atoms with Crippen molar-refractivity contribution in [2.24, 2.45) is 5.92 Å². The van der Waals surface area contributed by atoms with Gasteiger partial charge in [0.15, 0.2) is 11.6 Å². The van der Waals surface area contributed by atoms with Crippen molar-refractivity contribution in [3.63, 3.8) is 0 Å². The van der Waals surface area contributed by atoms with Crippen LogP contribution in [-0.2, 0) is 17.8 Å². The minimum Gasteiger partial charge on any atom is -0.495 e. The molecule has 1 atom stereocenters. The number of pyridine rings is 1. The third-order valence-electron chi connectivity index (χ3n) is 5.04. The van der Waals surface area contributed by atoms with Gasteiger partial charge in [-0.15, -0.1) is 0 Å². The Morgan fingerprint density at radius 3 is 2.67 bits per heavy atom. The summed E-state index contributed by atoms with van der Waals surface area (Å²) in [5.74, 6) is -2.13. The summed E-state index contributed by atoms with van der Waals surface area (Å²) in [6, 6.07) is 6.43. The van der Waals surface area contributed by atoms with E-state index in [4.69, 9.17) is 9.94 Å². The molecule has 0 aliphatic heterocycles. The van der Waals surface area contributed by atoms with Crippen LogP contribution in [0.25, 0.3) is 0 Å². The van der Waals surface area contributed by atoms with Crippen LogP contribution in [0, 0.1) is 24.5 Å². The number of carbonyl (C=O) groups is 1. The number of aromatic nitrogens is 1. The lowest BCUT2D eigenvalue weighted by Gasteiger charge is -2.18. The molecule has 0 bridgehead atoms. The Labute approximate surface area is 175 Å². The van der Waals surface area contributed by atoms with Crippen molar-refractivity contribution in [2.45, 2.75) is 39.2 Å². The average Bonchev–Trinajstić information content (AvgIpc) is 2.74. The van der Waals surface area contributed by atoms with Crippen LogP contribution in [0.2, 0.25) is 0 Å². The molecule has 164 valence electrons. The maximum Gasteiger partial charge on any atom is 0.246 e. The lowest BCUT2D eigenvalue weighted by Crippen LogP contribution is -2.29. The summed E-state index contributed by atoms with van der Waals surface area (Å²) >= 11 is 0. The van der Waals surface area contributed by atoms with Gasteiger partial charge in [-0.2, -0.15) is 0 Å². The molecule has 0 aliphatic carbocycles. The SMILES string of the molecule is COc1ccc(CN(C)CCCC[C@@H](Cc2cc(C)c(F)c(F)c2)C(=O)NO)nc1. The molecule has 0 radical (unpaired) electrons. The molecule has 1 aromatic carbocycles. The molecule has 1 amide bonds. The number of methoxy groups -OCH3 is 1. The van der Waals surface area contributed by atoms with Crippen molar-refractivity contribution >= 4 is 5.91 Å². The number of rotatable bonds is 11. The van der Waals surface area contributed by atoms with Crippen molar-refractivity contribution in [1.82, 2.24) is 15.4 Å². The zero-order chi connectivity index (χ0) is 22.1. The monoisotopic (exact) mass is 421 g/mol. The molecule has 2 rings (SSSR count). The number of halogens is 2. The van der Waals surface area contributed by atoms with Crippen molar-refractivity contribution in [3.8, 4) is 5.75 Å². The van der Waals surface area contributed by atoms with Gasteiger partial charge in [-0.3, -0.25) is 15.0 Å². The summed E-state index contributed by atoms with van der Waals surface area (Å²) in [4.78, 5) is 18.5. The van der Waals surface area contributed by atoms with Gasteiger partial charge >= 0.3 is 0 Å². The molecule has 1 heterocycles. The number of hydroxylamine groups is 1. The number of hydrogen-bond donors (Lipinski definition) is 2. The van der Waals surface area contributed by atoms with Gasteiger partial charge in [0, 0.05) is 12.5 Å². The fraction of sp³-hybridized carbons (Fsp3) is 0.455. The van der Waals surface area contributed by atoms with Crippen LogP contribution < -0.4 is 10.2 Å². The molecular formula is C22H29F2N3O3. The predicted molar refractivity (Wildman–Crippen MR) is 109 cm³/mol. The average molecular weight is 421 g/mol. The van der Waals surface area contributed by atoms with Crippen LogP contribution in [0.3, 0.4) is 0 Å². The number of benzene rings is 1. The van der Waals surface area contributed by atoms with E-state index in [0.29, 0.717) is 24.3 Å². The molecule has 6 nitrogen and oxygen atoms in total. The normalized spacial score (nSPS) is 12.1. The second-order valence-electron chi connectivity index (χ2n) is 7.51. The van der Waals surface area contributed by atoms with Gasteiger partial charge in [0.2, 0.25) is 5.91 Å². The molecule has 0 unspecified atom stereocenters. The molecule has 0 saturated carbocycles. The third-order valence-corrected chi connectivity index (χ3v) is 5.04. The molecule has 0 aliphatic rings. The van der Waals surface area contributed by atoms with Crippen LogP contribution >= 0.6 is 0 Å². The summed E-state index contributed by atoms with van der Waals surface area (Å²) in [5, 5.41) is 9.03. The Balaban J connectivity index is 1.83. The lowest BCUT2D eigenvalue weighted by molar-refractivity contribution is -0.133. The van der Waals surface area contributed by atoms with E-state index in [-0.39, 0.29) is 12.0 Å². The molecular weight excluding hydrogens is 392 g/mol. The van der Waals surface area contributed by atoms with E-state index in [2.05, 4.69) is 9.88 Å². The van der Waals surface area contributed by atoms with Crippen LogP contribution in [0.4, 0.5) is 8.78 Å². The number of unbranched alkanes of at least 4 members (excludes halogenated alkanes) is 1. The molecule has 0 spiro atoms. The second kappa shape index (κ2) is 11.6. The highest BCUT2D eigenvalue weighted by Crippen LogP contribution is 2.20. The van der Waals surface area contributed by atoms with Crippen molar-refractivity contribution < 1.29 is 23.5 Å². The van der Waals surface area contributed by atoms with Gasteiger partial charge in [0.1, 0.15) is 5.75 Å². The first-order valence-electron chi connectivity index (χ1n) is 9.90. The van der Waals surface area contributed by atoms with E-state index in [1.54, 1.807) is 18.8 Å². The van der Waals surface area contributed by atoms with Gasteiger partial charge in [0.05, 0.1) is 19.0 Å². The number of aryl methyl sites for hydroxylation is 1. The number of ether oxygens (including phenoxy) is 1. The Morgan fingerprint density at radius 1 is 1.30 bits per heavy atom. The van der Waals surface area contributed by atoms with E-state index < -0.39 is 23.5 Å². The Bertz CT molecular complexity index is 808. The van der Waals surface area contributed by atoms with Gasteiger partial charge < -0.3 is 9.64 Å². The largest absolute Gasteiger partial charge is 0.495 e. The number of nitrogens with one attached hydrogen (secondary N) is 1. The summed E-state index contributed by atoms with van der Waals surface area (Å²) in [6.07, 6.45) is 4.04. The summed E-state index contributed by atoms with van der Waals surface area (Å²) in [6.45, 7) is 2.99. The van der Waals surface area contributed by atoms with Gasteiger partial charge in [-0.1, -0.05) is 12.5 Å². The highest BCUT2D eigenvalue weighted by atomic mass is 19.2. The zero-order valence-electron chi connectivity index (χ0n) is 17.6. The van der Waals surface area contributed by atoms with Crippen molar-refractivity contribution in [2.75, 3.05) is 20.7 Å². The first-order chi connectivity index (χ1) is 14.3.